The Morgan fingerprint density at radius 3 is 2.60 bits per heavy atom. The van der Waals surface area contributed by atoms with Crippen molar-refractivity contribution in [3.63, 3.8) is 0 Å². The first-order valence-corrected chi connectivity index (χ1v) is 7.60. The van der Waals surface area contributed by atoms with E-state index in [1.165, 1.54) is 24.5 Å². The molecule has 0 aliphatic rings. The summed E-state index contributed by atoms with van der Waals surface area (Å²) in [6.45, 7) is 2.24. The monoisotopic (exact) mass is 313 g/mol. The summed E-state index contributed by atoms with van der Waals surface area (Å²) < 4.78 is 31.7. The highest BCUT2D eigenvalue weighted by atomic mass is 35.5. The van der Waals surface area contributed by atoms with Crippen LogP contribution in [0.1, 0.15) is 6.92 Å². The van der Waals surface area contributed by atoms with Gasteiger partial charge >= 0.3 is 6.01 Å². The first-order chi connectivity index (χ1) is 9.51. The normalized spacial score (nSPS) is 11.1. The topological polar surface area (TPSA) is 81.2 Å². The lowest BCUT2D eigenvalue weighted by atomic mass is 10.4. The van der Waals surface area contributed by atoms with E-state index in [1.807, 2.05) is 0 Å². The van der Waals surface area contributed by atoms with Gasteiger partial charge in [-0.3, -0.25) is 4.72 Å². The van der Waals surface area contributed by atoms with E-state index in [0.717, 1.165) is 0 Å². The quantitative estimate of drug-likeness (QED) is 0.916. The Labute approximate surface area is 121 Å². The van der Waals surface area contributed by atoms with Gasteiger partial charge in [0.2, 0.25) is 0 Å². The molecule has 0 saturated carbocycles. The SMILES string of the molecule is CCOc1ncc(NS(=O)(=O)c2cccc(Cl)c2)cn1. The van der Waals surface area contributed by atoms with E-state index < -0.39 is 10.0 Å². The minimum Gasteiger partial charge on any atom is -0.464 e. The van der Waals surface area contributed by atoms with E-state index in [9.17, 15) is 8.42 Å². The second-order valence-corrected chi connectivity index (χ2v) is 5.87. The molecule has 0 aliphatic carbocycles. The lowest BCUT2D eigenvalue weighted by molar-refractivity contribution is 0.312. The van der Waals surface area contributed by atoms with Crippen molar-refractivity contribution in [3.8, 4) is 6.01 Å². The van der Waals surface area contributed by atoms with E-state index >= 15 is 0 Å². The number of benzene rings is 1. The average molecular weight is 314 g/mol. The fraction of sp³-hybridized carbons (Fsp3) is 0.167. The maximum absolute atomic E-state index is 12.1. The van der Waals surface area contributed by atoms with Crippen LogP contribution in [0, 0.1) is 0 Å². The molecule has 0 atom stereocenters. The van der Waals surface area contributed by atoms with Gasteiger partial charge in [0.25, 0.3) is 10.0 Å². The maximum atomic E-state index is 12.1. The number of hydrogen-bond donors (Lipinski definition) is 1. The van der Waals surface area contributed by atoms with E-state index in [4.69, 9.17) is 16.3 Å². The summed E-state index contributed by atoms with van der Waals surface area (Å²) >= 11 is 5.78. The van der Waals surface area contributed by atoms with Gasteiger partial charge in [0.1, 0.15) is 0 Å². The van der Waals surface area contributed by atoms with Crippen LogP contribution in [0.5, 0.6) is 6.01 Å². The molecule has 2 aromatic rings. The number of ether oxygens (including phenoxy) is 1. The Balaban J connectivity index is 2.20. The second-order valence-electron chi connectivity index (χ2n) is 3.75. The van der Waals surface area contributed by atoms with Crippen molar-refractivity contribution < 1.29 is 13.2 Å². The van der Waals surface area contributed by atoms with Crippen molar-refractivity contribution >= 4 is 27.3 Å². The van der Waals surface area contributed by atoms with Crippen LogP contribution in [0.15, 0.2) is 41.6 Å². The molecule has 106 valence electrons. The number of aromatic nitrogens is 2. The van der Waals surface area contributed by atoms with Gasteiger partial charge in [-0.1, -0.05) is 17.7 Å². The zero-order valence-electron chi connectivity index (χ0n) is 10.6. The minimum absolute atomic E-state index is 0.0684. The van der Waals surface area contributed by atoms with E-state index in [2.05, 4.69) is 14.7 Å². The van der Waals surface area contributed by atoms with Crippen molar-refractivity contribution in [2.24, 2.45) is 0 Å². The van der Waals surface area contributed by atoms with Crippen LogP contribution in [0.2, 0.25) is 5.02 Å². The number of sulfonamides is 1. The van der Waals surface area contributed by atoms with Crippen LogP contribution in [0.25, 0.3) is 0 Å². The molecular formula is C12H12ClN3O3S. The Bertz CT molecular complexity index is 689. The molecule has 8 heteroatoms. The highest BCUT2D eigenvalue weighted by molar-refractivity contribution is 7.92. The molecule has 1 heterocycles. The van der Waals surface area contributed by atoms with E-state index in [1.54, 1.807) is 19.1 Å². The Hall–Kier alpha value is -1.86. The van der Waals surface area contributed by atoms with Gasteiger partial charge < -0.3 is 4.74 Å². The van der Waals surface area contributed by atoms with Gasteiger partial charge in [0.15, 0.2) is 0 Å². The maximum Gasteiger partial charge on any atom is 0.316 e. The van der Waals surface area contributed by atoms with Crippen LogP contribution in [-0.4, -0.2) is 25.0 Å². The van der Waals surface area contributed by atoms with Crippen LogP contribution in [0.4, 0.5) is 5.69 Å². The standard InChI is InChI=1S/C12H12ClN3O3S/c1-2-19-12-14-7-10(8-15-12)16-20(17,18)11-5-3-4-9(13)6-11/h3-8,16H,2H2,1H3. The van der Waals surface area contributed by atoms with Crippen LogP contribution in [0.3, 0.4) is 0 Å². The van der Waals surface area contributed by atoms with E-state index in [0.29, 0.717) is 11.6 Å². The first-order valence-electron chi connectivity index (χ1n) is 5.74. The van der Waals surface area contributed by atoms with Crippen molar-refractivity contribution in [2.75, 3.05) is 11.3 Å². The molecule has 0 fully saturated rings. The molecule has 0 aliphatic heterocycles. The molecule has 0 amide bonds. The Morgan fingerprint density at radius 2 is 2.00 bits per heavy atom. The Kier molecular flexibility index (Phi) is 4.41. The van der Waals surface area contributed by atoms with Crippen molar-refractivity contribution in [1.82, 2.24) is 9.97 Å². The molecule has 20 heavy (non-hydrogen) atoms. The third kappa shape index (κ3) is 3.58. The smallest absolute Gasteiger partial charge is 0.316 e. The molecule has 0 unspecified atom stereocenters. The summed E-state index contributed by atoms with van der Waals surface area (Å²) in [5.74, 6) is 0. The number of rotatable bonds is 5. The summed E-state index contributed by atoms with van der Waals surface area (Å²) in [4.78, 5) is 7.82. The number of hydrogen-bond acceptors (Lipinski definition) is 5. The number of nitrogens with one attached hydrogen (secondary N) is 1. The third-order valence-electron chi connectivity index (χ3n) is 2.26. The molecule has 0 saturated heterocycles. The Morgan fingerprint density at radius 1 is 1.30 bits per heavy atom. The summed E-state index contributed by atoms with van der Waals surface area (Å²) in [6.07, 6.45) is 2.67. The number of nitrogens with zero attached hydrogens (tertiary/aromatic N) is 2. The van der Waals surface area contributed by atoms with Crippen LogP contribution >= 0.6 is 11.6 Å². The summed E-state index contributed by atoms with van der Waals surface area (Å²) in [5.41, 5.74) is 0.244. The van der Waals surface area contributed by atoms with Crippen molar-refractivity contribution in [2.45, 2.75) is 11.8 Å². The predicted octanol–water partition coefficient (Wildman–Crippen LogP) is 2.33. The average Bonchev–Trinajstić information content (AvgIpc) is 2.41. The minimum atomic E-state index is -3.72. The largest absolute Gasteiger partial charge is 0.464 e. The molecule has 1 N–H and O–H groups in total. The molecule has 6 nitrogen and oxygen atoms in total. The van der Waals surface area contributed by atoms with Gasteiger partial charge in [-0.15, -0.1) is 0 Å². The zero-order chi connectivity index (χ0) is 14.6. The van der Waals surface area contributed by atoms with Crippen molar-refractivity contribution in [1.29, 1.82) is 0 Å². The van der Waals surface area contributed by atoms with Crippen molar-refractivity contribution in [3.05, 3.63) is 41.7 Å². The fourth-order valence-corrected chi connectivity index (χ4v) is 2.75. The highest BCUT2D eigenvalue weighted by Gasteiger charge is 2.14. The zero-order valence-corrected chi connectivity index (χ0v) is 12.1. The van der Waals surface area contributed by atoms with Crippen LogP contribution in [-0.2, 0) is 10.0 Å². The first kappa shape index (κ1) is 14.5. The predicted molar refractivity (Wildman–Crippen MR) is 75.5 cm³/mol. The summed E-state index contributed by atoms with van der Waals surface area (Å²) in [5, 5.41) is 0.343. The molecule has 0 bridgehead atoms. The fourth-order valence-electron chi connectivity index (χ4n) is 1.42. The number of halogens is 1. The van der Waals surface area contributed by atoms with Gasteiger partial charge in [0, 0.05) is 5.02 Å². The van der Waals surface area contributed by atoms with Gasteiger partial charge in [-0.05, 0) is 25.1 Å². The lowest BCUT2D eigenvalue weighted by Crippen LogP contribution is -2.13. The summed E-state index contributed by atoms with van der Waals surface area (Å²) in [7, 11) is -3.72. The van der Waals surface area contributed by atoms with Gasteiger partial charge in [-0.25, -0.2) is 18.4 Å². The second kappa shape index (κ2) is 6.06. The third-order valence-corrected chi connectivity index (χ3v) is 3.87. The number of anilines is 1. The molecule has 0 radical (unpaired) electrons. The molecule has 2 rings (SSSR count). The molecule has 0 spiro atoms. The molecular weight excluding hydrogens is 302 g/mol. The van der Waals surface area contributed by atoms with Gasteiger partial charge in [0.05, 0.1) is 29.6 Å². The molecule has 1 aromatic carbocycles. The van der Waals surface area contributed by atoms with E-state index in [-0.39, 0.29) is 16.6 Å². The van der Waals surface area contributed by atoms with Crippen LogP contribution < -0.4 is 9.46 Å². The van der Waals surface area contributed by atoms with Gasteiger partial charge in [-0.2, -0.15) is 0 Å². The summed E-state index contributed by atoms with van der Waals surface area (Å²) in [6, 6.07) is 6.16. The molecule has 1 aromatic heterocycles. The highest BCUT2D eigenvalue weighted by Crippen LogP contribution is 2.18. The lowest BCUT2D eigenvalue weighted by Gasteiger charge is -2.08.